The molecule has 0 aliphatic carbocycles. The monoisotopic (exact) mass is 359 g/mol. The van der Waals surface area contributed by atoms with Gasteiger partial charge in [-0.1, -0.05) is 18.2 Å². The molecule has 1 atom stereocenters. The lowest BCUT2D eigenvalue weighted by atomic mass is 10.2. The van der Waals surface area contributed by atoms with E-state index in [1.54, 1.807) is 25.4 Å². The number of benzene rings is 1. The highest BCUT2D eigenvalue weighted by Gasteiger charge is 2.21. The van der Waals surface area contributed by atoms with Crippen molar-refractivity contribution < 1.29 is 9.53 Å². The molecule has 2 heterocycles. The summed E-state index contributed by atoms with van der Waals surface area (Å²) in [6, 6.07) is 7.13. The van der Waals surface area contributed by atoms with Crippen LogP contribution in [0.3, 0.4) is 0 Å². The Balaban J connectivity index is 1.99. The van der Waals surface area contributed by atoms with E-state index in [1.165, 1.54) is 4.68 Å². The number of thiophene rings is 1. The highest BCUT2D eigenvalue weighted by Crippen LogP contribution is 2.32. The van der Waals surface area contributed by atoms with Gasteiger partial charge < -0.3 is 10.1 Å². The summed E-state index contributed by atoms with van der Waals surface area (Å²) in [7, 11) is 1.62. The largest absolute Gasteiger partial charge is 0.385 e. The van der Waals surface area contributed by atoms with Crippen molar-refractivity contribution >= 4 is 37.4 Å². The Morgan fingerprint density at radius 1 is 1.40 bits per heavy atom. The fourth-order valence-electron chi connectivity index (χ4n) is 2.83. The number of amides is 1. The minimum absolute atomic E-state index is 0.219. The van der Waals surface area contributed by atoms with Crippen molar-refractivity contribution in [2.45, 2.75) is 26.3 Å². The maximum absolute atomic E-state index is 13.0. The Morgan fingerprint density at radius 3 is 2.92 bits per heavy atom. The van der Waals surface area contributed by atoms with E-state index in [1.807, 2.05) is 31.2 Å². The Labute approximate surface area is 149 Å². The van der Waals surface area contributed by atoms with Crippen LogP contribution in [-0.2, 0) is 9.53 Å². The number of carbonyl (C=O) groups excluding carboxylic acids is 1. The first kappa shape index (κ1) is 17.6. The van der Waals surface area contributed by atoms with Crippen molar-refractivity contribution in [2.24, 2.45) is 0 Å². The second kappa shape index (κ2) is 7.33. The number of hydrogen-bond donors (Lipinski definition) is 1. The van der Waals surface area contributed by atoms with Gasteiger partial charge in [0.25, 0.3) is 5.56 Å². The number of carbonyl (C=O) groups is 1. The highest BCUT2D eigenvalue weighted by atomic mass is 32.1. The number of aromatic nitrogens is 2. The van der Waals surface area contributed by atoms with E-state index in [2.05, 4.69) is 10.4 Å². The molecule has 2 aromatic heterocycles. The number of rotatable bonds is 6. The van der Waals surface area contributed by atoms with E-state index >= 15 is 0 Å². The quantitative estimate of drug-likeness (QED) is 0.687. The van der Waals surface area contributed by atoms with Gasteiger partial charge in [0.05, 0.1) is 15.8 Å². The van der Waals surface area contributed by atoms with Crippen LogP contribution in [0.25, 0.3) is 20.2 Å². The molecule has 7 heteroatoms. The van der Waals surface area contributed by atoms with Crippen LogP contribution in [0.1, 0.15) is 25.1 Å². The number of methoxy groups -OCH3 is 1. The summed E-state index contributed by atoms with van der Waals surface area (Å²) in [6.07, 6.45) is 0.727. The van der Waals surface area contributed by atoms with Crippen LogP contribution >= 0.6 is 11.3 Å². The first-order valence-corrected chi connectivity index (χ1v) is 9.03. The molecule has 3 rings (SSSR count). The van der Waals surface area contributed by atoms with E-state index in [0.717, 1.165) is 26.9 Å². The predicted octanol–water partition coefficient (Wildman–Crippen LogP) is 2.63. The lowest BCUT2D eigenvalue weighted by molar-refractivity contribution is -0.124. The molecule has 6 nitrogen and oxygen atoms in total. The minimum atomic E-state index is -0.670. The number of nitrogens with one attached hydrogen (secondary N) is 1. The van der Waals surface area contributed by atoms with E-state index in [0.29, 0.717) is 18.5 Å². The first-order valence-electron chi connectivity index (χ1n) is 8.22. The molecule has 1 aromatic carbocycles. The average Bonchev–Trinajstić information content (AvgIpc) is 3.01. The van der Waals surface area contributed by atoms with E-state index in [9.17, 15) is 9.59 Å². The lowest BCUT2D eigenvalue weighted by Crippen LogP contribution is -2.38. The molecule has 1 unspecified atom stereocenters. The molecule has 0 saturated carbocycles. The van der Waals surface area contributed by atoms with Gasteiger partial charge in [0.1, 0.15) is 6.04 Å². The molecule has 25 heavy (non-hydrogen) atoms. The van der Waals surface area contributed by atoms with Gasteiger partial charge in [-0.25, -0.2) is 4.68 Å². The predicted molar refractivity (Wildman–Crippen MR) is 100 cm³/mol. The summed E-state index contributed by atoms with van der Waals surface area (Å²) in [4.78, 5) is 25.3. The number of aryl methyl sites for hydroxylation is 1. The van der Waals surface area contributed by atoms with Crippen molar-refractivity contribution in [2.75, 3.05) is 20.3 Å². The molecule has 0 radical (unpaired) electrons. The molecule has 1 N–H and O–H groups in total. The number of nitrogens with zero attached hydrogens (tertiary/aromatic N) is 2. The molecule has 132 valence electrons. The minimum Gasteiger partial charge on any atom is -0.385 e. The molecule has 0 aliphatic heterocycles. The number of fused-ring (bicyclic) bond motifs is 3. The molecule has 1 amide bonds. The maximum atomic E-state index is 13.0. The summed E-state index contributed by atoms with van der Waals surface area (Å²) in [6.45, 7) is 4.66. The van der Waals surface area contributed by atoms with Gasteiger partial charge in [-0.05, 0) is 26.3 Å². The summed E-state index contributed by atoms with van der Waals surface area (Å²) in [5.74, 6) is -0.219. The molecule has 0 saturated heterocycles. The van der Waals surface area contributed by atoms with Crippen molar-refractivity contribution in [1.29, 1.82) is 0 Å². The van der Waals surface area contributed by atoms with Gasteiger partial charge in [0.2, 0.25) is 5.91 Å². The van der Waals surface area contributed by atoms with Gasteiger partial charge in [-0.15, -0.1) is 11.3 Å². The van der Waals surface area contributed by atoms with Gasteiger partial charge in [-0.2, -0.15) is 5.10 Å². The third kappa shape index (κ3) is 3.29. The van der Waals surface area contributed by atoms with Gasteiger partial charge in [0.15, 0.2) is 0 Å². The molecular weight excluding hydrogens is 338 g/mol. The third-order valence-corrected chi connectivity index (χ3v) is 5.45. The zero-order valence-electron chi connectivity index (χ0n) is 14.5. The van der Waals surface area contributed by atoms with Gasteiger partial charge in [0, 0.05) is 30.3 Å². The Kier molecular flexibility index (Phi) is 5.15. The summed E-state index contributed by atoms with van der Waals surface area (Å²) in [5, 5.41) is 8.78. The van der Waals surface area contributed by atoms with E-state index in [4.69, 9.17) is 4.74 Å². The van der Waals surface area contributed by atoms with Crippen LogP contribution in [0.2, 0.25) is 0 Å². The van der Waals surface area contributed by atoms with Crippen molar-refractivity contribution in [3.63, 3.8) is 0 Å². The van der Waals surface area contributed by atoms with Crippen LogP contribution in [-0.4, -0.2) is 35.9 Å². The van der Waals surface area contributed by atoms with Gasteiger partial charge in [-0.3, -0.25) is 9.59 Å². The fraction of sp³-hybridized carbons (Fsp3) is 0.389. The summed E-state index contributed by atoms with van der Waals surface area (Å²) < 4.78 is 8.19. The molecular formula is C18H21N3O3S. The zero-order chi connectivity index (χ0) is 18.0. The second-order valence-electron chi connectivity index (χ2n) is 5.95. The van der Waals surface area contributed by atoms with Crippen molar-refractivity contribution in [3.8, 4) is 0 Å². The second-order valence-corrected chi connectivity index (χ2v) is 7.00. The SMILES string of the molecule is COCCCNC(=O)C(C)n1nc(C)c2sc3ccccc3c2c1=O. The smallest absolute Gasteiger partial charge is 0.276 e. The van der Waals surface area contributed by atoms with Crippen LogP contribution in [0.5, 0.6) is 0 Å². The maximum Gasteiger partial charge on any atom is 0.276 e. The summed E-state index contributed by atoms with van der Waals surface area (Å²) in [5.41, 5.74) is 0.535. The highest BCUT2D eigenvalue weighted by molar-refractivity contribution is 7.26. The van der Waals surface area contributed by atoms with Gasteiger partial charge >= 0.3 is 0 Å². The van der Waals surface area contributed by atoms with E-state index in [-0.39, 0.29) is 11.5 Å². The molecule has 0 bridgehead atoms. The fourth-order valence-corrected chi connectivity index (χ4v) is 3.96. The Bertz CT molecular complexity index is 977. The molecule has 0 fully saturated rings. The lowest BCUT2D eigenvalue weighted by Gasteiger charge is -2.15. The van der Waals surface area contributed by atoms with Crippen molar-refractivity contribution in [1.82, 2.24) is 15.1 Å². The average molecular weight is 359 g/mol. The first-order chi connectivity index (χ1) is 12.0. The molecule has 0 aliphatic rings. The standard InChI is InChI=1S/C18H21N3O3S/c1-11-16-15(13-7-4-5-8-14(13)25-16)18(23)21(20-11)12(2)17(22)19-9-6-10-24-3/h4-5,7-8,12H,6,9-10H2,1-3H3,(H,19,22). The van der Waals surface area contributed by atoms with Crippen molar-refractivity contribution in [3.05, 3.63) is 40.3 Å². The number of hydrogen-bond acceptors (Lipinski definition) is 5. The van der Waals surface area contributed by atoms with Crippen LogP contribution in [0, 0.1) is 6.92 Å². The summed E-state index contributed by atoms with van der Waals surface area (Å²) >= 11 is 1.56. The third-order valence-electron chi connectivity index (χ3n) is 4.17. The van der Waals surface area contributed by atoms with Crippen LogP contribution < -0.4 is 10.9 Å². The van der Waals surface area contributed by atoms with E-state index < -0.39 is 6.04 Å². The zero-order valence-corrected chi connectivity index (χ0v) is 15.4. The number of ether oxygens (including phenoxy) is 1. The Morgan fingerprint density at radius 2 is 2.16 bits per heavy atom. The topological polar surface area (TPSA) is 73.2 Å². The Hall–Kier alpha value is -2.25. The van der Waals surface area contributed by atoms with Crippen LogP contribution in [0.15, 0.2) is 29.1 Å². The van der Waals surface area contributed by atoms with Crippen LogP contribution in [0.4, 0.5) is 0 Å². The normalized spacial score (nSPS) is 12.6. The molecule has 0 spiro atoms. The molecule has 3 aromatic rings.